The van der Waals surface area contributed by atoms with Crippen LogP contribution in [0.2, 0.25) is 5.02 Å². The van der Waals surface area contributed by atoms with E-state index >= 15 is 0 Å². The van der Waals surface area contributed by atoms with E-state index in [0.717, 1.165) is 23.3 Å². The van der Waals surface area contributed by atoms with E-state index in [1.165, 1.54) is 28.0 Å². The minimum Gasteiger partial charge on any atom is -0.507 e. The number of fused-ring (bicyclic) bond motifs is 1. The molecule has 1 aromatic heterocycles. The second kappa shape index (κ2) is 13.7. The van der Waals surface area contributed by atoms with Gasteiger partial charge < -0.3 is 19.3 Å². The number of benzene rings is 3. The van der Waals surface area contributed by atoms with Crippen molar-refractivity contribution in [3.05, 3.63) is 93.5 Å². The van der Waals surface area contributed by atoms with Crippen molar-refractivity contribution in [3.63, 3.8) is 0 Å². The molecule has 238 valence electrons. The number of aliphatic hydroxyl groups is 1. The molecule has 1 saturated heterocycles. The Hall–Kier alpha value is -4.06. The van der Waals surface area contributed by atoms with Gasteiger partial charge in [-0.25, -0.2) is 0 Å². The van der Waals surface area contributed by atoms with Crippen LogP contribution in [0.4, 0.5) is 5.13 Å². The zero-order valence-electron chi connectivity index (χ0n) is 25.5. The van der Waals surface area contributed by atoms with Crippen molar-refractivity contribution in [2.45, 2.75) is 55.9 Å². The van der Waals surface area contributed by atoms with Crippen LogP contribution in [0, 0.1) is 0 Å². The molecular weight excluding hydrogens is 646 g/mol. The third-order valence-corrected chi connectivity index (χ3v) is 9.92. The van der Waals surface area contributed by atoms with E-state index in [0.29, 0.717) is 57.4 Å². The van der Waals surface area contributed by atoms with Crippen LogP contribution in [0.3, 0.4) is 0 Å². The summed E-state index contributed by atoms with van der Waals surface area (Å²) >= 11 is 8.69. The zero-order valence-corrected chi connectivity index (χ0v) is 27.9. The van der Waals surface area contributed by atoms with Gasteiger partial charge in [0.05, 0.1) is 24.8 Å². The number of hydrogen-bond donors (Lipinski definition) is 1. The minimum absolute atomic E-state index is 0.00700. The number of carbonyl (C=O) groups excluding carboxylic acids is 2. The fraction of sp³-hybridized carbons (Fsp3) is 0.294. The molecule has 12 heteroatoms. The van der Waals surface area contributed by atoms with Gasteiger partial charge in [-0.05, 0) is 79.4 Å². The maximum Gasteiger partial charge on any atom is 0.301 e. The van der Waals surface area contributed by atoms with Gasteiger partial charge in [-0.1, -0.05) is 59.8 Å². The molecule has 2 aliphatic heterocycles. The van der Waals surface area contributed by atoms with Crippen LogP contribution >= 0.6 is 34.7 Å². The molecular formula is C34H32ClN3O6S2. The number of aromatic nitrogens is 2. The van der Waals surface area contributed by atoms with Crippen LogP contribution in [0.5, 0.6) is 17.2 Å². The van der Waals surface area contributed by atoms with E-state index in [1.807, 2.05) is 51.1 Å². The van der Waals surface area contributed by atoms with E-state index in [-0.39, 0.29) is 22.6 Å². The number of rotatable bonds is 11. The normalized spacial score (nSPS) is 18.5. The van der Waals surface area contributed by atoms with E-state index < -0.39 is 17.7 Å². The Morgan fingerprint density at radius 1 is 1.07 bits per heavy atom. The largest absolute Gasteiger partial charge is 0.507 e. The van der Waals surface area contributed by atoms with Gasteiger partial charge in [0.15, 0.2) is 15.8 Å². The van der Waals surface area contributed by atoms with E-state index in [9.17, 15) is 14.7 Å². The summed E-state index contributed by atoms with van der Waals surface area (Å²) in [6.45, 7) is 6.73. The summed E-state index contributed by atoms with van der Waals surface area (Å²) in [4.78, 5) is 28.9. The molecule has 1 N–H and O–H groups in total. The topological polar surface area (TPSA) is 111 Å². The van der Waals surface area contributed by atoms with Gasteiger partial charge in [-0.3, -0.25) is 14.5 Å². The fourth-order valence-corrected chi connectivity index (χ4v) is 7.40. The molecule has 1 fully saturated rings. The van der Waals surface area contributed by atoms with Crippen molar-refractivity contribution in [1.82, 2.24) is 10.2 Å². The molecule has 9 nitrogen and oxygen atoms in total. The highest BCUT2D eigenvalue weighted by Gasteiger charge is 2.48. The number of amides is 1. The molecule has 0 radical (unpaired) electrons. The van der Waals surface area contributed by atoms with Gasteiger partial charge in [-0.15, -0.1) is 10.2 Å². The van der Waals surface area contributed by atoms with Gasteiger partial charge in [0.1, 0.15) is 17.6 Å². The lowest BCUT2D eigenvalue weighted by molar-refractivity contribution is -0.132. The van der Waals surface area contributed by atoms with Crippen molar-refractivity contribution in [2.24, 2.45) is 0 Å². The Labute approximate surface area is 280 Å². The molecule has 2 atom stereocenters. The molecule has 0 aliphatic carbocycles. The van der Waals surface area contributed by atoms with Crippen LogP contribution in [0.1, 0.15) is 55.5 Å². The Morgan fingerprint density at radius 3 is 2.63 bits per heavy atom. The maximum absolute atomic E-state index is 13.8. The van der Waals surface area contributed by atoms with Crippen LogP contribution in [0.25, 0.3) is 5.76 Å². The molecule has 0 bridgehead atoms. The number of aliphatic hydroxyl groups excluding tert-OH is 1. The molecule has 2 aliphatic rings. The summed E-state index contributed by atoms with van der Waals surface area (Å²) in [6.07, 6.45) is 1.49. The summed E-state index contributed by atoms with van der Waals surface area (Å²) in [5.74, 6) is 0.475. The van der Waals surface area contributed by atoms with E-state index in [1.54, 1.807) is 30.3 Å². The Kier molecular flexibility index (Phi) is 9.53. The van der Waals surface area contributed by atoms with Gasteiger partial charge in [-0.2, -0.15) is 0 Å². The Bertz CT molecular complexity index is 1810. The Balaban J connectivity index is 1.42. The number of ether oxygens (including phenoxy) is 3. The fourth-order valence-electron chi connectivity index (χ4n) is 5.45. The first-order valence-corrected chi connectivity index (χ1v) is 17.2. The Morgan fingerprint density at radius 2 is 1.87 bits per heavy atom. The second-order valence-electron chi connectivity index (χ2n) is 10.9. The molecule has 6 rings (SSSR count). The summed E-state index contributed by atoms with van der Waals surface area (Å²) in [6, 6.07) is 17.1. The highest BCUT2D eigenvalue weighted by molar-refractivity contribution is 8.00. The zero-order chi connectivity index (χ0) is 32.4. The maximum atomic E-state index is 13.8. The highest BCUT2D eigenvalue weighted by atomic mass is 35.5. The molecule has 0 saturated carbocycles. The molecule has 3 heterocycles. The predicted octanol–water partition coefficient (Wildman–Crippen LogP) is 7.62. The molecule has 3 aromatic carbocycles. The van der Waals surface area contributed by atoms with Crippen molar-refractivity contribution in [1.29, 1.82) is 0 Å². The average Bonchev–Trinajstić information content (AvgIpc) is 3.74. The van der Waals surface area contributed by atoms with Crippen LogP contribution in [-0.2, 0) is 21.8 Å². The number of hydrogen-bond acceptors (Lipinski definition) is 10. The monoisotopic (exact) mass is 677 g/mol. The van der Waals surface area contributed by atoms with E-state index in [4.69, 9.17) is 25.8 Å². The van der Waals surface area contributed by atoms with Gasteiger partial charge >= 0.3 is 5.91 Å². The third-order valence-electron chi connectivity index (χ3n) is 7.54. The van der Waals surface area contributed by atoms with E-state index in [2.05, 4.69) is 10.2 Å². The molecule has 1 amide bonds. The van der Waals surface area contributed by atoms with Gasteiger partial charge in [0, 0.05) is 22.8 Å². The third kappa shape index (κ3) is 6.44. The molecule has 46 heavy (non-hydrogen) atoms. The number of halogens is 1. The SMILES string of the molecule is CCCOc1ccc(C2/C(=C(\O)c3ccc4c(c3)CC(C)O4)C(=O)C(=O)N2c2nnc(SCc3ccc(Cl)cc3)s2)cc1OCC. The molecule has 2 unspecified atom stereocenters. The lowest BCUT2D eigenvalue weighted by Crippen LogP contribution is -2.29. The number of thioether (sulfide) groups is 1. The predicted molar refractivity (Wildman–Crippen MR) is 179 cm³/mol. The average molecular weight is 678 g/mol. The first-order valence-electron chi connectivity index (χ1n) is 15.0. The number of ketones is 1. The van der Waals surface area contributed by atoms with Crippen molar-refractivity contribution < 1.29 is 28.9 Å². The highest BCUT2D eigenvalue weighted by Crippen LogP contribution is 2.46. The van der Waals surface area contributed by atoms with Gasteiger partial charge in [0.25, 0.3) is 5.78 Å². The second-order valence-corrected chi connectivity index (χ2v) is 13.5. The number of Topliss-reactive ketones (excluding diaryl/α,β-unsaturated/α-hetero) is 1. The standard InChI is InChI=1S/C34H32ClN3O6S2/c1-4-14-43-26-13-8-21(17-27(26)42-5-2)29-28(30(39)22-9-12-25-23(16-22)15-19(3)44-25)31(40)32(41)38(29)33-36-37-34(46-33)45-18-20-6-10-24(35)11-7-20/h6-13,16-17,19,29,39H,4-5,14-15,18H2,1-3H3/b30-28+. The van der Waals surface area contributed by atoms with Crippen LogP contribution < -0.4 is 19.1 Å². The first kappa shape index (κ1) is 31.9. The van der Waals surface area contributed by atoms with Crippen LogP contribution in [0.15, 0.2) is 70.6 Å². The summed E-state index contributed by atoms with van der Waals surface area (Å²) in [5.41, 5.74) is 2.90. The quantitative estimate of drug-likeness (QED) is 0.0563. The number of anilines is 1. The van der Waals surface area contributed by atoms with Crippen molar-refractivity contribution >= 4 is 57.3 Å². The molecule has 0 spiro atoms. The minimum atomic E-state index is -0.995. The van der Waals surface area contributed by atoms with Crippen LogP contribution in [-0.4, -0.2) is 46.3 Å². The van der Waals surface area contributed by atoms with Gasteiger partial charge in [0.2, 0.25) is 5.13 Å². The summed E-state index contributed by atoms with van der Waals surface area (Å²) < 4.78 is 18.3. The number of nitrogens with zero attached hydrogens (tertiary/aromatic N) is 3. The van der Waals surface area contributed by atoms with Crippen molar-refractivity contribution in [2.75, 3.05) is 18.1 Å². The smallest absolute Gasteiger partial charge is 0.301 e. The summed E-state index contributed by atoms with van der Waals surface area (Å²) in [5, 5.41) is 21.3. The first-order chi connectivity index (χ1) is 22.3. The lowest BCUT2D eigenvalue weighted by atomic mass is 9.94. The van der Waals surface area contributed by atoms with Crippen molar-refractivity contribution in [3.8, 4) is 17.2 Å². The summed E-state index contributed by atoms with van der Waals surface area (Å²) in [7, 11) is 0. The number of carbonyl (C=O) groups is 2. The molecule has 4 aromatic rings. The lowest BCUT2D eigenvalue weighted by Gasteiger charge is -2.23.